The van der Waals surface area contributed by atoms with Crippen LogP contribution in [-0.2, 0) is 12.7 Å². The summed E-state index contributed by atoms with van der Waals surface area (Å²) in [5, 5.41) is 0.835. The lowest BCUT2D eigenvalue weighted by molar-refractivity contribution is -0.137. The molecule has 0 spiro atoms. The van der Waals surface area contributed by atoms with Crippen LogP contribution in [0.2, 0.25) is 0 Å². The molecule has 1 aliphatic heterocycles. The molecule has 5 nitrogen and oxygen atoms in total. The Morgan fingerprint density at radius 2 is 1.81 bits per heavy atom. The minimum atomic E-state index is -4.35. The van der Waals surface area contributed by atoms with Crippen molar-refractivity contribution >= 4 is 16.8 Å². The first-order valence-electron chi connectivity index (χ1n) is 10.4. The van der Waals surface area contributed by atoms with Crippen LogP contribution in [0.4, 0.5) is 13.2 Å². The van der Waals surface area contributed by atoms with E-state index in [2.05, 4.69) is 9.88 Å². The van der Waals surface area contributed by atoms with E-state index in [1.54, 1.807) is 18.1 Å². The van der Waals surface area contributed by atoms with Crippen LogP contribution >= 0.6 is 0 Å². The molecule has 1 fully saturated rings. The Kier molecular flexibility index (Phi) is 6.06. The van der Waals surface area contributed by atoms with E-state index in [1.807, 2.05) is 31.2 Å². The van der Waals surface area contributed by atoms with Crippen LogP contribution in [0, 0.1) is 6.92 Å². The van der Waals surface area contributed by atoms with Gasteiger partial charge in [0.25, 0.3) is 5.91 Å². The Labute approximate surface area is 184 Å². The van der Waals surface area contributed by atoms with Crippen LogP contribution in [0.25, 0.3) is 10.9 Å². The molecule has 0 radical (unpaired) electrons. The van der Waals surface area contributed by atoms with Crippen molar-refractivity contribution < 1.29 is 22.7 Å². The van der Waals surface area contributed by atoms with Crippen molar-refractivity contribution in [2.24, 2.45) is 0 Å². The summed E-state index contributed by atoms with van der Waals surface area (Å²) < 4.78 is 44.1. The Morgan fingerprint density at radius 3 is 2.50 bits per heavy atom. The fraction of sp³-hybridized carbons (Fsp3) is 0.333. The van der Waals surface area contributed by atoms with Crippen molar-refractivity contribution in [3.8, 4) is 5.75 Å². The number of ether oxygens (including phenoxy) is 1. The van der Waals surface area contributed by atoms with E-state index in [9.17, 15) is 18.0 Å². The fourth-order valence-corrected chi connectivity index (χ4v) is 3.98. The number of nitrogens with zero attached hydrogens (tertiary/aromatic N) is 3. The van der Waals surface area contributed by atoms with Crippen molar-refractivity contribution in [1.82, 2.24) is 14.8 Å². The van der Waals surface area contributed by atoms with Crippen LogP contribution in [0.3, 0.4) is 0 Å². The third kappa shape index (κ3) is 4.70. The molecule has 0 aliphatic carbocycles. The molecule has 4 rings (SSSR count). The van der Waals surface area contributed by atoms with Gasteiger partial charge in [-0.25, -0.2) is 0 Å². The molecule has 8 heteroatoms. The summed E-state index contributed by atoms with van der Waals surface area (Å²) >= 11 is 0. The molecule has 1 aromatic heterocycles. The molecule has 1 amide bonds. The number of piperazine rings is 1. The Balaban J connectivity index is 1.43. The summed E-state index contributed by atoms with van der Waals surface area (Å²) in [6, 6.07) is 12.8. The molecule has 2 aromatic carbocycles. The number of alkyl halides is 3. The summed E-state index contributed by atoms with van der Waals surface area (Å²) in [6.45, 7) is 4.44. The van der Waals surface area contributed by atoms with E-state index in [0.717, 1.165) is 17.0 Å². The van der Waals surface area contributed by atoms with Gasteiger partial charge in [-0.05, 0) is 42.8 Å². The van der Waals surface area contributed by atoms with Gasteiger partial charge in [0, 0.05) is 38.1 Å². The highest BCUT2D eigenvalue weighted by molar-refractivity contribution is 5.98. The summed E-state index contributed by atoms with van der Waals surface area (Å²) in [6.07, 6.45) is -4.35. The number of halogens is 3. The van der Waals surface area contributed by atoms with Crippen molar-refractivity contribution in [2.75, 3.05) is 33.3 Å². The average Bonchev–Trinajstić information content (AvgIpc) is 2.78. The molecule has 0 saturated carbocycles. The van der Waals surface area contributed by atoms with Crippen LogP contribution in [0.15, 0.2) is 48.5 Å². The second-order valence-corrected chi connectivity index (χ2v) is 7.95. The maximum Gasteiger partial charge on any atom is 0.416 e. The van der Waals surface area contributed by atoms with Gasteiger partial charge in [0.1, 0.15) is 5.75 Å². The van der Waals surface area contributed by atoms with E-state index in [1.165, 1.54) is 12.1 Å². The predicted octanol–water partition coefficient (Wildman–Crippen LogP) is 4.53. The smallest absolute Gasteiger partial charge is 0.416 e. The number of methoxy groups -OCH3 is 1. The summed E-state index contributed by atoms with van der Waals surface area (Å²) in [5.74, 6) is 0.614. The number of hydrogen-bond donors (Lipinski definition) is 0. The normalized spacial score (nSPS) is 15.2. The van der Waals surface area contributed by atoms with Crippen molar-refractivity contribution in [1.29, 1.82) is 0 Å². The average molecular weight is 443 g/mol. The molecular weight excluding hydrogens is 419 g/mol. The largest absolute Gasteiger partial charge is 0.497 e. The lowest BCUT2D eigenvalue weighted by atomic mass is 10.1. The number of aromatic nitrogens is 1. The zero-order valence-electron chi connectivity index (χ0n) is 17.9. The van der Waals surface area contributed by atoms with Crippen molar-refractivity contribution in [2.45, 2.75) is 19.6 Å². The van der Waals surface area contributed by atoms with E-state index in [-0.39, 0.29) is 5.91 Å². The maximum atomic E-state index is 13.1. The highest BCUT2D eigenvalue weighted by Crippen LogP contribution is 2.30. The number of fused-ring (bicyclic) bond motifs is 1. The van der Waals surface area contributed by atoms with Gasteiger partial charge in [0.05, 0.1) is 29.4 Å². The van der Waals surface area contributed by atoms with E-state index in [0.29, 0.717) is 55.3 Å². The number of amides is 1. The second kappa shape index (κ2) is 8.78. The highest BCUT2D eigenvalue weighted by atomic mass is 19.4. The number of benzene rings is 2. The number of aryl methyl sites for hydroxylation is 1. The van der Waals surface area contributed by atoms with Gasteiger partial charge in [-0.2, -0.15) is 13.2 Å². The number of rotatable bonds is 4. The van der Waals surface area contributed by atoms with Crippen LogP contribution in [0.1, 0.15) is 27.2 Å². The molecule has 32 heavy (non-hydrogen) atoms. The zero-order valence-corrected chi connectivity index (χ0v) is 17.9. The van der Waals surface area contributed by atoms with Gasteiger partial charge in [0.2, 0.25) is 0 Å². The summed E-state index contributed by atoms with van der Waals surface area (Å²) in [7, 11) is 1.59. The molecule has 0 N–H and O–H groups in total. The Bertz CT molecular complexity index is 1140. The highest BCUT2D eigenvalue weighted by Gasteiger charge is 2.30. The molecule has 2 heterocycles. The quantitative estimate of drug-likeness (QED) is 0.595. The molecule has 0 unspecified atom stereocenters. The van der Waals surface area contributed by atoms with Gasteiger partial charge in [-0.15, -0.1) is 0 Å². The molecule has 1 saturated heterocycles. The van der Waals surface area contributed by atoms with Crippen molar-refractivity contribution in [3.05, 3.63) is 70.9 Å². The second-order valence-electron chi connectivity index (χ2n) is 7.95. The van der Waals surface area contributed by atoms with E-state index in [4.69, 9.17) is 4.74 Å². The van der Waals surface area contributed by atoms with Crippen LogP contribution in [0.5, 0.6) is 5.75 Å². The lowest BCUT2D eigenvalue weighted by Crippen LogP contribution is -2.48. The molecule has 0 bridgehead atoms. The lowest BCUT2D eigenvalue weighted by Gasteiger charge is -2.35. The number of carbonyl (C=O) groups excluding carboxylic acids is 1. The molecular formula is C24H24F3N3O2. The third-order valence-electron chi connectivity index (χ3n) is 5.76. The SMILES string of the molecule is COc1ccc2nc(C)c(C(=O)N3CCN(Cc4cccc(C(F)(F)F)c4)CC3)cc2c1. The number of carbonyl (C=O) groups is 1. The Morgan fingerprint density at radius 1 is 1.06 bits per heavy atom. The number of pyridine rings is 1. The van der Waals surface area contributed by atoms with E-state index < -0.39 is 11.7 Å². The predicted molar refractivity (Wildman–Crippen MR) is 116 cm³/mol. The molecule has 3 aromatic rings. The maximum absolute atomic E-state index is 13.1. The molecule has 168 valence electrons. The third-order valence-corrected chi connectivity index (χ3v) is 5.76. The van der Waals surface area contributed by atoms with Gasteiger partial charge in [-0.1, -0.05) is 18.2 Å². The standard InChI is InChI=1S/C24H24F3N3O2/c1-16-21(14-18-13-20(32-2)6-7-22(18)28-16)23(31)30-10-8-29(9-11-30)15-17-4-3-5-19(12-17)24(25,26)27/h3-7,12-14H,8-11,15H2,1-2H3. The first-order valence-corrected chi connectivity index (χ1v) is 10.4. The van der Waals surface area contributed by atoms with Gasteiger partial charge in [0.15, 0.2) is 0 Å². The number of hydrogen-bond acceptors (Lipinski definition) is 4. The minimum Gasteiger partial charge on any atom is -0.497 e. The van der Waals surface area contributed by atoms with Crippen LogP contribution < -0.4 is 4.74 Å². The zero-order chi connectivity index (χ0) is 22.9. The fourth-order valence-electron chi connectivity index (χ4n) is 3.98. The van der Waals surface area contributed by atoms with Gasteiger partial charge in [-0.3, -0.25) is 14.7 Å². The minimum absolute atomic E-state index is 0.0848. The summed E-state index contributed by atoms with van der Waals surface area (Å²) in [5.41, 5.74) is 1.99. The molecule has 1 aliphatic rings. The first kappa shape index (κ1) is 22.1. The topological polar surface area (TPSA) is 45.7 Å². The first-order chi connectivity index (χ1) is 15.2. The molecule has 0 atom stereocenters. The summed E-state index contributed by atoms with van der Waals surface area (Å²) in [4.78, 5) is 21.6. The monoisotopic (exact) mass is 443 g/mol. The Hall–Kier alpha value is -3.13. The van der Waals surface area contributed by atoms with Crippen LogP contribution in [-0.4, -0.2) is 54.0 Å². The van der Waals surface area contributed by atoms with Gasteiger partial charge < -0.3 is 9.64 Å². The van der Waals surface area contributed by atoms with Gasteiger partial charge >= 0.3 is 6.18 Å². The van der Waals surface area contributed by atoms with Crippen molar-refractivity contribution in [3.63, 3.8) is 0 Å². The van der Waals surface area contributed by atoms with E-state index >= 15 is 0 Å².